The molecule has 0 aromatic carbocycles. The number of nitrogens with one attached hydrogen (secondary N) is 1. The van der Waals surface area contributed by atoms with E-state index in [1.807, 2.05) is 11.8 Å². The number of hydrogen-bond donors (Lipinski definition) is 1. The van der Waals surface area contributed by atoms with Crippen LogP contribution in [0.4, 0.5) is 0 Å². The first kappa shape index (κ1) is 12.2. The largest absolute Gasteiger partial charge is 0.316 e. The van der Waals surface area contributed by atoms with Crippen molar-refractivity contribution in [3.8, 4) is 0 Å². The molecule has 0 unspecified atom stereocenters. The summed E-state index contributed by atoms with van der Waals surface area (Å²) in [6.07, 6.45) is 8.15. The highest BCUT2D eigenvalue weighted by atomic mass is 32.2. The molecule has 4 nitrogen and oxygen atoms in total. The van der Waals surface area contributed by atoms with Gasteiger partial charge in [-0.1, -0.05) is 11.8 Å². The zero-order valence-corrected chi connectivity index (χ0v) is 12.2. The van der Waals surface area contributed by atoms with Crippen LogP contribution in [0.15, 0.2) is 5.16 Å². The van der Waals surface area contributed by atoms with Gasteiger partial charge in [0, 0.05) is 24.3 Å². The Morgan fingerprint density at radius 1 is 1.11 bits per heavy atom. The van der Waals surface area contributed by atoms with Crippen molar-refractivity contribution in [3.05, 3.63) is 5.82 Å². The number of hydrogen-bond acceptors (Lipinski definition) is 4. The van der Waals surface area contributed by atoms with Crippen molar-refractivity contribution >= 4 is 11.8 Å². The smallest absolute Gasteiger partial charge is 0.191 e. The van der Waals surface area contributed by atoms with Crippen molar-refractivity contribution in [2.24, 2.45) is 5.92 Å². The summed E-state index contributed by atoms with van der Waals surface area (Å²) in [6, 6.07) is 0.715. The normalized spacial score (nSPS) is 22.9. The molecule has 0 bridgehead atoms. The number of rotatable bonds is 8. The van der Waals surface area contributed by atoms with Crippen LogP contribution in [0, 0.1) is 5.92 Å². The van der Waals surface area contributed by atoms with Gasteiger partial charge in [-0.15, -0.1) is 10.2 Å². The molecule has 1 heterocycles. The van der Waals surface area contributed by atoms with E-state index in [1.165, 1.54) is 50.9 Å². The van der Waals surface area contributed by atoms with E-state index in [4.69, 9.17) is 0 Å². The lowest BCUT2D eigenvalue weighted by Crippen LogP contribution is -2.19. The number of nitrogens with zero attached hydrogens (tertiary/aromatic N) is 3. The lowest BCUT2D eigenvalue weighted by atomic mass is 10.4. The highest BCUT2D eigenvalue weighted by molar-refractivity contribution is 7.99. The van der Waals surface area contributed by atoms with E-state index in [0.717, 1.165) is 29.3 Å². The minimum Gasteiger partial charge on any atom is -0.316 e. The van der Waals surface area contributed by atoms with Gasteiger partial charge < -0.3 is 9.88 Å². The second kappa shape index (κ2) is 5.09. The summed E-state index contributed by atoms with van der Waals surface area (Å²) in [6.45, 7) is 2.31. The molecule has 0 amide bonds. The fraction of sp³-hybridized carbons (Fsp3) is 0.857. The van der Waals surface area contributed by atoms with Crippen LogP contribution in [0.1, 0.15) is 56.3 Å². The lowest BCUT2D eigenvalue weighted by molar-refractivity contribution is 0.625. The van der Waals surface area contributed by atoms with E-state index in [-0.39, 0.29) is 0 Å². The van der Waals surface area contributed by atoms with E-state index in [9.17, 15) is 0 Å². The molecular formula is C14H22N4S. The quantitative estimate of drug-likeness (QED) is 0.586. The first-order valence-corrected chi connectivity index (χ1v) is 8.68. The molecule has 0 saturated heterocycles. The predicted octanol–water partition coefficient (Wildman–Crippen LogP) is 2.58. The standard InChI is InChI=1S/C14H22N4S/c1-2-10(1)9-15-7-8-19-14-17-16-13(11-3-4-11)18(14)12-5-6-12/h10-12,15H,1-9H2. The van der Waals surface area contributed by atoms with Crippen molar-refractivity contribution in [3.63, 3.8) is 0 Å². The molecular weight excluding hydrogens is 256 g/mol. The summed E-state index contributed by atoms with van der Waals surface area (Å²) in [5, 5.41) is 13.6. The average molecular weight is 278 g/mol. The van der Waals surface area contributed by atoms with Gasteiger partial charge in [0.2, 0.25) is 0 Å². The molecule has 3 aliphatic rings. The lowest BCUT2D eigenvalue weighted by Gasteiger charge is -2.08. The number of thioether (sulfide) groups is 1. The molecule has 1 aromatic rings. The van der Waals surface area contributed by atoms with Gasteiger partial charge in [0.05, 0.1) is 0 Å². The van der Waals surface area contributed by atoms with E-state index in [2.05, 4.69) is 20.1 Å². The molecule has 4 rings (SSSR count). The van der Waals surface area contributed by atoms with E-state index in [1.54, 1.807) is 0 Å². The predicted molar refractivity (Wildman–Crippen MR) is 76.6 cm³/mol. The number of aromatic nitrogens is 3. The third-order valence-electron chi connectivity index (χ3n) is 4.19. The summed E-state index contributed by atoms with van der Waals surface area (Å²) in [4.78, 5) is 0. The van der Waals surface area contributed by atoms with Crippen LogP contribution in [0.3, 0.4) is 0 Å². The Bertz CT molecular complexity index is 446. The second-order valence-electron chi connectivity index (χ2n) is 6.21. The Morgan fingerprint density at radius 2 is 1.95 bits per heavy atom. The van der Waals surface area contributed by atoms with Gasteiger partial charge >= 0.3 is 0 Å². The molecule has 3 aliphatic carbocycles. The van der Waals surface area contributed by atoms with Crippen LogP contribution in [-0.2, 0) is 0 Å². The molecule has 5 heteroatoms. The molecule has 104 valence electrons. The minimum atomic E-state index is 0.715. The van der Waals surface area contributed by atoms with Crippen LogP contribution >= 0.6 is 11.8 Å². The van der Waals surface area contributed by atoms with Crippen LogP contribution < -0.4 is 5.32 Å². The molecule has 1 N–H and O–H groups in total. The second-order valence-corrected chi connectivity index (χ2v) is 7.27. The van der Waals surface area contributed by atoms with Crippen LogP contribution in [0.5, 0.6) is 0 Å². The fourth-order valence-corrected chi connectivity index (χ4v) is 3.43. The van der Waals surface area contributed by atoms with Crippen molar-refractivity contribution in [2.75, 3.05) is 18.8 Å². The zero-order valence-electron chi connectivity index (χ0n) is 11.3. The van der Waals surface area contributed by atoms with Crippen LogP contribution in [-0.4, -0.2) is 33.6 Å². The summed E-state index contributed by atoms with van der Waals surface area (Å²) < 4.78 is 2.45. The molecule has 1 aromatic heterocycles. The monoisotopic (exact) mass is 278 g/mol. The highest BCUT2D eigenvalue weighted by Gasteiger charge is 2.36. The first-order valence-electron chi connectivity index (χ1n) is 7.70. The molecule has 19 heavy (non-hydrogen) atoms. The summed E-state index contributed by atoms with van der Waals surface area (Å²) in [7, 11) is 0. The van der Waals surface area contributed by atoms with Crippen LogP contribution in [0.2, 0.25) is 0 Å². The third kappa shape index (κ3) is 2.97. The maximum Gasteiger partial charge on any atom is 0.191 e. The Morgan fingerprint density at radius 3 is 2.63 bits per heavy atom. The minimum absolute atomic E-state index is 0.715. The zero-order chi connectivity index (χ0) is 12.7. The Kier molecular flexibility index (Phi) is 3.27. The molecule has 0 spiro atoms. The van der Waals surface area contributed by atoms with Crippen molar-refractivity contribution in [2.45, 2.75) is 55.6 Å². The van der Waals surface area contributed by atoms with Gasteiger partial charge in [0.25, 0.3) is 0 Å². The van der Waals surface area contributed by atoms with Gasteiger partial charge in [-0.25, -0.2) is 0 Å². The van der Waals surface area contributed by atoms with Crippen molar-refractivity contribution in [1.29, 1.82) is 0 Å². The van der Waals surface area contributed by atoms with E-state index in [0.29, 0.717) is 6.04 Å². The SMILES string of the molecule is C(CSc1nnc(C2CC2)n1C1CC1)NCC1CC1. The maximum atomic E-state index is 4.45. The molecule has 0 aliphatic heterocycles. The van der Waals surface area contributed by atoms with E-state index < -0.39 is 0 Å². The Hall–Kier alpha value is -0.550. The molecule has 0 atom stereocenters. The summed E-state index contributed by atoms with van der Waals surface area (Å²) in [5.41, 5.74) is 0. The Labute approximate surface area is 118 Å². The van der Waals surface area contributed by atoms with Crippen LogP contribution in [0.25, 0.3) is 0 Å². The third-order valence-corrected chi connectivity index (χ3v) is 5.13. The summed E-state index contributed by atoms with van der Waals surface area (Å²) >= 11 is 1.88. The topological polar surface area (TPSA) is 42.7 Å². The maximum absolute atomic E-state index is 4.45. The first-order chi connectivity index (χ1) is 9.42. The average Bonchev–Trinajstić information content (AvgIpc) is 3.24. The summed E-state index contributed by atoms with van der Waals surface area (Å²) in [5.74, 6) is 4.08. The van der Waals surface area contributed by atoms with Gasteiger partial charge in [0.15, 0.2) is 5.16 Å². The molecule has 3 fully saturated rings. The van der Waals surface area contributed by atoms with Gasteiger partial charge in [-0.3, -0.25) is 0 Å². The highest BCUT2D eigenvalue weighted by Crippen LogP contribution is 2.45. The Balaban J connectivity index is 1.31. The molecule has 3 saturated carbocycles. The van der Waals surface area contributed by atoms with Crippen molar-refractivity contribution < 1.29 is 0 Å². The molecule has 0 radical (unpaired) electrons. The van der Waals surface area contributed by atoms with Gasteiger partial charge in [-0.2, -0.15) is 0 Å². The fourth-order valence-electron chi connectivity index (χ4n) is 2.53. The van der Waals surface area contributed by atoms with Gasteiger partial charge in [0.1, 0.15) is 5.82 Å². The van der Waals surface area contributed by atoms with E-state index >= 15 is 0 Å². The van der Waals surface area contributed by atoms with Crippen molar-refractivity contribution in [1.82, 2.24) is 20.1 Å². The van der Waals surface area contributed by atoms with Gasteiger partial charge in [-0.05, 0) is 51.0 Å².